The van der Waals surface area contributed by atoms with Crippen molar-refractivity contribution < 1.29 is 8.42 Å². The Morgan fingerprint density at radius 2 is 1.34 bits per heavy atom. The summed E-state index contributed by atoms with van der Waals surface area (Å²) < 4.78 is 27.7. The monoisotopic (exact) mass is 421 g/mol. The standard InChI is InChI=1S/C24H27NO2SSi/c1-20-15-17-22(18-16-20)28(26,27)25(2)19-24(21-11-7-5-8-12-21)29(3,4)23-13-9-6-10-14-23/h5-19H,1-4H3/b24-19+. The van der Waals surface area contributed by atoms with Gasteiger partial charge < -0.3 is 0 Å². The average molecular weight is 422 g/mol. The summed E-state index contributed by atoms with van der Waals surface area (Å²) in [5.41, 5.74) is 2.09. The van der Waals surface area contributed by atoms with E-state index in [4.69, 9.17) is 0 Å². The summed E-state index contributed by atoms with van der Waals surface area (Å²) in [6.07, 6.45) is 1.81. The van der Waals surface area contributed by atoms with E-state index < -0.39 is 18.1 Å². The fourth-order valence-corrected chi connectivity index (χ4v) is 7.24. The van der Waals surface area contributed by atoms with E-state index in [1.54, 1.807) is 19.2 Å². The van der Waals surface area contributed by atoms with Crippen LogP contribution in [0.4, 0.5) is 0 Å². The minimum absolute atomic E-state index is 0.299. The van der Waals surface area contributed by atoms with Crippen molar-refractivity contribution in [3.05, 3.63) is 102 Å². The maximum absolute atomic E-state index is 13.2. The maximum atomic E-state index is 13.2. The van der Waals surface area contributed by atoms with Crippen LogP contribution < -0.4 is 5.19 Å². The van der Waals surface area contributed by atoms with E-state index in [0.717, 1.165) is 16.3 Å². The second kappa shape index (κ2) is 8.39. The van der Waals surface area contributed by atoms with Crippen LogP contribution in [0.3, 0.4) is 0 Å². The highest BCUT2D eigenvalue weighted by molar-refractivity contribution is 7.89. The van der Waals surface area contributed by atoms with Gasteiger partial charge in [-0.3, -0.25) is 4.31 Å². The SMILES string of the molecule is Cc1ccc(S(=O)(=O)N(C)/C=C(\c2ccccc2)[Si](C)(C)c2ccccc2)cc1. The van der Waals surface area contributed by atoms with Gasteiger partial charge in [-0.15, -0.1) is 0 Å². The number of sulfonamides is 1. The lowest BCUT2D eigenvalue weighted by Crippen LogP contribution is -2.43. The molecule has 0 atom stereocenters. The second-order valence-electron chi connectivity index (χ2n) is 7.73. The van der Waals surface area contributed by atoms with E-state index in [1.165, 1.54) is 9.49 Å². The lowest BCUT2D eigenvalue weighted by Gasteiger charge is -2.29. The van der Waals surface area contributed by atoms with Gasteiger partial charge in [0, 0.05) is 13.2 Å². The summed E-state index contributed by atoms with van der Waals surface area (Å²) >= 11 is 0. The van der Waals surface area contributed by atoms with Crippen LogP contribution in [0.5, 0.6) is 0 Å². The number of hydrogen-bond donors (Lipinski definition) is 0. The highest BCUT2D eigenvalue weighted by Crippen LogP contribution is 2.28. The van der Waals surface area contributed by atoms with Gasteiger partial charge in [0.25, 0.3) is 10.0 Å². The first-order valence-corrected chi connectivity index (χ1v) is 14.0. The van der Waals surface area contributed by atoms with E-state index in [1.807, 2.05) is 61.7 Å². The number of rotatable bonds is 6. The van der Waals surface area contributed by atoms with Gasteiger partial charge in [0.15, 0.2) is 0 Å². The Balaban J connectivity index is 2.11. The second-order valence-corrected chi connectivity index (χ2v) is 14.1. The fourth-order valence-electron chi connectivity index (χ4n) is 3.35. The van der Waals surface area contributed by atoms with Gasteiger partial charge in [0.05, 0.1) is 4.90 Å². The molecule has 0 radical (unpaired) electrons. The van der Waals surface area contributed by atoms with Gasteiger partial charge >= 0.3 is 0 Å². The Kier molecular flexibility index (Phi) is 6.10. The van der Waals surface area contributed by atoms with Crippen LogP contribution >= 0.6 is 0 Å². The highest BCUT2D eigenvalue weighted by atomic mass is 32.2. The molecule has 0 saturated carbocycles. The first-order chi connectivity index (χ1) is 13.7. The molecule has 0 unspecified atom stereocenters. The van der Waals surface area contributed by atoms with Gasteiger partial charge in [0.1, 0.15) is 8.07 Å². The molecule has 0 aliphatic rings. The molecule has 0 N–H and O–H groups in total. The molecule has 0 heterocycles. The molecule has 3 rings (SSSR count). The summed E-state index contributed by atoms with van der Waals surface area (Å²) in [6, 6.07) is 27.4. The number of aryl methyl sites for hydroxylation is 1. The zero-order chi connectivity index (χ0) is 21.1. The van der Waals surface area contributed by atoms with E-state index >= 15 is 0 Å². The predicted molar refractivity (Wildman–Crippen MR) is 124 cm³/mol. The quantitative estimate of drug-likeness (QED) is 0.536. The zero-order valence-electron chi connectivity index (χ0n) is 17.3. The van der Waals surface area contributed by atoms with Crippen LogP contribution in [0.25, 0.3) is 5.20 Å². The van der Waals surface area contributed by atoms with Gasteiger partial charge in [-0.05, 0) is 29.8 Å². The summed E-state index contributed by atoms with van der Waals surface area (Å²) in [5, 5.41) is 2.33. The van der Waals surface area contributed by atoms with Crippen LogP contribution in [-0.2, 0) is 10.0 Å². The predicted octanol–water partition coefficient (Wildman–Crippen LogP) is 4.81. The van der Waals surface area contributed by atoms with Gasteiger partial charge in [-0.2, -0.15) is 0 Å². The van der Waals surface area contributed by atoms with E-state index in [-0.39, 0.29) is 0 Å². The molecule has 0 aliphatic heterocycles. The van der Waals surface area contributed by atoms with Gasteiger partial charge in [0.2, 0.25) is 0 Å². The topological polar surface area (TPSA) is 37.4 Å². The number of nitrogens with zero attached hydrogens (tertiary/aromatic N) is 1. The van der Waals surface area contributed by atoms with Crippen LogP contribution in [0.15, 0.2) is 96.0 Å². The molecule has 150 valence electrons. The molecule has 5 heteroatoms. The first kappa shape index (κ1) is 21.1. The first-order valence-electron chi connectivity index (χ1n) is 9.61. The van der Waals surface area contributed by atoms with Gasteiger partial charge in [-0.25, -0.2) is 8.42 Å². The van der Waals surface area contributed by atoms with E-state index in [9.17, 15) is 8.42 Å². The van der Waals surface area contributed by atoms with Crippen LogP contribution in [-0.4, -0.2) is 27.8 Å². The zero-order valence-corrected chi connectivity index (χ0v) is 19.1. The van der Waals surface area contributed by atoms with Crippen LogP contribution in [0.2, 0.25) is 13.1 Å². The van der Waals surface area contributed by atoms with Gasteiger partial charge in [-0.1, -0.05) is 96.6 Å². The molecule has 0 aromatic heterocycles. The smallest absolute Gasteiger partial charge is 0.263 e. The molecule has 0 bridgehead atoms. The maximum Gasteiger partial charge on any atom is 0.263 e. The molecule has 3 aromatic rings. The van der Waals surface area contributed by atoms with Crippen molar-refractivity contribution in [2.75, 3.05) is 7.05 Å². The summed E-state index contributed by atoms with van der Waals surface area (Å²) in [6.45, 7) is 6.46. The lowest BCUT2D eigenvalue weighted by molar-refractivity contribution is 0.540. The van der Waals surface area contributed by atoms with Crippen molar-refractivity contribution in [2.45, 2.75) is 24.9 Å². The molecular formula is C24H27NO2SSi. The Labute approximate surface area is 175 Å². The summed E-state index contributed by atoms with van der Waals surface area (Å²) in [7, 11) is -4.15. The Bertz CT molecular complexity index is 1090. The third-order valence-electron chi connectivity index (χ3n) is 5.26. The normalized spacial score (nSPS) is 12.6. The third kappa shape index (κ3) is 4.52. The molecule has 0 spiro atoms. The minimum atomic E-state index is -3.62. The molecule has 0 aliphatic carbocycles. The van der Waals surface area contributed by atoms with E-state index in [0.29, 0.717) is 4.90 Å². The molecule has 0 saturated heterocycles. The Morgan fingerprint density at radius 3 is 1.90 bits per heavy atom. The summed E-state index contributed by atoms with van der Waals surface area (Å²) in [4.78, 5) is 0.299. The third-order valence-corrected chi connectivity index (χ3v) is 10.5. The van der Waals surface area contributed by atoms with Crippen molar-refractivity contribution in [3.63, 3.8) is 0 Å². The van der Waals surface area contributed by atoms with Crippen molar-refractivity contribution >= 4 is 28.5 Å². The average Bonchev–Trinajstić information content (AvgIpc) is 2.73. The fraction of sp³-hybridized carbons (Fsp3) is 0.167. The number of hydrogen-bond acceptors (Lipinski definition) is 2. The molecule has 0 amide bonds. The van der Waals surface area contributed by atoms with Crippen LogP contribution in [0.1, 0.15) is 11.1 Å². The minimum Gasteiger partial charge on any atom is -0.276 e. The largest absolute Gasteiger partial charge is 0.276 e. The molecule has 29 heavy (non-hydrogen) atoms. The van der Waals surface area contributed by atoms with Crippen molar-refractivity contribution in [1.29, 1.82) is 0 Å². The molecule has 3 nitrogen and oxygen atoms in total. The molecule has 0 fully saturated rings. The molecule has 3 aromatic carbocycles. The lowest BCUT2D eigenvalue weighted by atomic mass is 10.2. The van der Waals surface area contributed by atoms with Crippen LogP contribution in [0, 0.1) is 6.92 Å². The number of benzene rings is 3. The van der Waals surface area contributed by atoms with Crippen molar-refractivity contribution in [3.8, 4) is 0 Å². The Morgan fingerprint density at radius 1 is 0.828 bits per heavy atom. The van der Waals surface area contributed by atoms with E-state index in [2.05, 4.69) is 37.4 Å². The summed E-state index contributed by atoms with van der Waals surface area (Å²) in [5.74, 6) is 0. The Hall–Kier alpha value is -2.63. The highest BCUT2D eigenvalue weighted by Gasteiger charge is 2.31. The molecular weight excluding hydrogens is 394 g/mol. The van der Waals surface area contributed by atoms with Crippen molar-refractivity contribution in [2.24, 2.45) is 0 Å². The van der Waals surface area contributed by atoms with Crippen molar-refractivity contribution in [1.82, 2.24) is 4.31 Å².